The normalized spacial score (nSPS) is 10.8. The number of hydrogen-bond acceptors (Lipinski definition) is 2. The van der Waals surface area contributed by atoms with Gasteiger partial charge in [0.15, 0.2) is 0 Å². The molecule has 0 aliphatic heterocycles. The lowest BCUT2D eigenvalue weighted by Crippen LogP contribution is -2.41. The topological polar surface area (TPSA) is 44.0 Å². The Morgan fingerprint density at radius 3 is 1.62 bits per heavy atom. The second-order valence-corrected chi connectivity index (χ2v) is 7.09. The molecule has 0 bridgehead atoms. The van der Waals surface area contributed by atoms with E-state index in [1.54, 1.807) is 10.8 Å². The average molecular weight is 382 g/mol. The molecule has 3 aromatic carbocycles. The van der Waals surface area contributed by atoms with Crippen molar-refractivity contribution in [3.63, 3.8) is 0 Å². The van der Waals surface area contributed by atoms with Crippen molar-refractivity contribution >= 4 is 0 Å². The first-order valence-corrected chi connectivity index (χ1v) is 9.65. The van der Waals surface area contributed by atoms with Crippen LogP contribution in [0.5, 0.6) is 0 Å². The van der Waals surface area contributed by atoms with Crippen molar-refractivity contribution in [2.75, 3.05) is 0 Å². The summed E-state index contributed by atoms with van der Waals surface area (Å²) in [5.74, 6) is 0. The van der Waals surface area contributed by atoms with Gasteiger partial charge in [0.1, 0.15) is 0 Å². The molecule has 144 valence electrons. The van der Waals surface area contributed by atoms with E-state index >= 15 is 0 Å². The van der Waals surface area contributed by atoms with Crippen molar-refractivity contribution < 1.29 is 0 Å². The summed E-state index contributed by atoms with van der Waals surface area (Å²) in [5, 5.41) is 0. The minimum Gasteiger partial charge on any atom is -0.296 e. The van der Waals surface area contributed by atoms with Gasteiger partial charge in [0.05, 0.1) is 13.1 Å². The highest BCUT2D eigenvalue weighted by Gasteiger charge is 2.13. The zero-order chi connectivity index (χ0) is 20.1. The Kier molecular flexibility index (Phi) is 5.52. The highest BCUT2D eigenvalue weighted by molar-refractivity contribution is 5.24. The molecule has 0 spiro atoms. The van der Waals surface area contributed by atoms with E-state index in [9.17, 15) is 9.59 Å². The zero-order valence-corrected chi connectivity index (χ0v) is 16.1. The lowest BCUT2D eigenvalue weighted by molar-refractivity contribution is 0.602. The maximum atomic E-state index is 13.2. The van der Waals surface area contributed by atoms with Crippen LogP contribution in [0.25, 0.3) is 0 Å². The van der Waals surface area contributed by atoms with Gasteiger partial charge in [-0.1, -0.05) is 91.0 Å². The van der Waals surface area contributed by atoms with Crippen LogP contribution in [0, 0.1) is 0 Å². The van der Waals surface area contributed by atoms with Crippen LogP contribution in [-0.4, -0.2) is 9.13 Å². The molecular weight excluding hydrogens is 360 g/mol. The van der Waals surface area contributed by atoms with Crippen LogP contribution < -0.4 is 11.2 Å². The Labute approximate surface area is 169 Å². The molecule has 0 unspecified atom stereocenters. The summed E-state index contributed by atoms with van der Waals surface area (Å²) in [6.07, 6.45) is 2.20. The molecule has 1 aromatic heterocycles. The van der Waals surface area contributed by atoms with E-state index in [4.69, 9.17) is 0 Å². The van der Waals surface area contributed by atoms with Gasteiger partial charge >= 0.3 is 5.69 Å². The van der Waals surface area contributed by atoms with E-state index in [0.29, 0.717) is 18.5 Å². The van der Waals surface area contributed by atoms with Crippen molar-refractivity contribution in [2.45, 2.75) is 19.5 Å². The highest BCUT2D eigenvalue weighted by Crippen LogP contribution is 2.07. The second-order valence-electron chi connectivity index (χ2n) is 7.09. The van der Waals surface area contributed by atoms with Crippen molar-refractivity contribution in [1.82, 2.24) is 9.13 Å². The minimum atomic E-state index is -0.292. The first-order valence-electron chi connectivity index (χ1n) is 9.65. The van der Waals surface area contributed by atoms with Gasteiger partial charge in [0.2, 0.25) is 0 Å². The molecule has 1 heterocycles. The van der Waals surface area contributed by atoms with E-state index < -0.39 is 0 Å². The van der Waals surface area contributed by atoms with Gasteiger partial charge in [-0.15, -0.1) is 0 Å². The number of aromatic nitrogens is 2. The molecule has 0 atom stereocenters. The monoisotopic (exact) mass is 382 g/mol. The van der Waals surface area contributed by atoms with Crippen LogP contribution >= 0.6 is 0 Å². The Morgan fingerprint density at radius 1 is 0.586 bits per heavy atom. The summed E-state index contributed by atoms with van der Waals surface area (Å²) >= 11 is 0. The number of nitrogens with zero attached hydrogens (tertiary/aromatic N) is 2. The number of rotatable bonds is 6. The van der Waals surface area contributed by atoms with Crippen molar-refractivity contribution in [3.05, 3.63) is 140 Å². The van der Waals surface area contributed by atoms with Gasteiger partial charge in [-0.25, -0.2) is 4.79 Å². The van der Waals surface area contributed by atoms with Crippen LogP contribution in [0.2, 0.25) is 0 Å². The van der Waals surface area contributed by atoms with E-state index in [1.165, 1.54) is 4.57 Å². The predicted octanol–water partition coefficient (Wildman–Crippen LogP) is 3.70. The molecule has 0 aliphatic rings. The molecule has 29 heavy (non-hydrogen) atoms. The first-order chi connectivity index (χ1) is 14.2. The third-order valence-electron chi connectivity index (χ3n) is 4.92. The molecule has 4 heteroatoms. The fourth-order valence-corrected chi connectivity index (χ4v) is 3.45. The molecule has 4 rings (SSSR count). The van der Waals surface area contributed by atoms with Gasteiger partial charge in [0, 0.05) is 18.2 Å². The molecule has 0 saturated carbocycles. The molecular formula is C25H22N2O2. The predicted molar refractivity (Wildman–Crippen MR) is 115 cm³/mol. The minimum absolute atomic E-state index is 0.230. The fourth-order valence-electron chi connectivity index (χ4n) is 3.45. The van der Waals surface area contributed by atoms with Crippen LogP contribution in [0.1, 0.15) is 22.3 Å². The SMILES string of the molecule is O=c1c(Cc2ccccc2)cn(Cc2ccccc2)c(=O)n1Cc1ccccc1. The van der Waals surface area contributed by atoms with E-state index in [1.807, 2.05) is 91.0 Å². The van der Waals surface area contributed by atoms with Gasteiger partial charge in [-0.3, -0.25) is 13.9 Å². The van der Waals surface area contributed by atoms with Gasteiger partial charge in [0.25, 0.3) is 5.56 Å². The maximum absolute atomic E-state index is 13.2. The molecule has 0 aliphatic carbocycles. The van der Waals surface area contributed by atoms with Crippen molar-refractivity contribution in [1.29, 1.82) is 0 Å². The quantitative estimate of drug-likeness (QED) is 0.510. The van der Waals surface area contributed by atoms with Crippen LogP contribution in [0.4, 0.5) is 0 Å². The van der Waals surface area contributed by atoms with Gasteiger partial charge in [-0.2, -0.15) is 0 Å². The largest absolute Gasteiger partial charge is 0.331 e. The standard InChI is InChI=1S/C25H22N2O2/c28-24-23(16-20-10-4-1-5-11-20)19-26(17-21-12-6-2-7-13-21)25(29)27(24)18-22-14-8-3-9-15-22/h1-15,19H,16-18H2. The summed E-state index contributed by atoms with van der Waals surface area (Å²) in [6, 6.07) is 29.3. The van der Waals surface area contributed by atoms with E-state index in [0.717, 1.165) is 16.7 Å². The molecule has 4 nitrogen and oxygen atoms in total. The lowest BCUT2D eigenvalue weighted by atomic mass is 10.1. The Balaban J connectivity index is 1.79. The number of hydrogen-bond donors (Lipinski definition) is 0. The van der Waals surface area contributed by atoms with E-state index in [2.05, 4.69) is 0 Å². The van der Waals surface area contributed by atoms with E-state index in [-0.39, 0.29) is 17.8 Å². The van der Waals surface area contributed by atoms with Gasteiger partial charge in [-0.05, 0) is 16.7 Å². The van der Waals surface area contributed by atoms with Crippen LogP contribution in [-0.2, 0) is 19.5 Å². The lowest BCUT2D eigenvalue weighted by Gasteiger charge is -2.14. The Morgan fingerprint density at radius 2 is 1.07 bits per heavy atom. The average Bonchev–Trinajstić information content (AvgIpc) is 2.77. The van der Waals surface area contributed by atoms with Crippen LogP contribution in [0.15, 0.2) is 107 Å². The summed E-state index contributed by atoms with van der Waals surface area (Å²) in [7, 11) is 0. The molecule has 0 fully saturated rings. The second kappa shape index (κ2) is 8.57. The maximum Gasteiger partial charge on any atom is 0.331 e. The highest BCUT2D eigenvalue weighted by atomic mass is 16.2. The smallest absolute Gasteiger partial charge is 0.296 e. The summed E-state index contributed by atoms with van der Waals surface area (Å²) in [6.45, 7) is 0.687. The molecule has 0 saturated heterocycles. The Hall–Kier alpha value is -3.66. The summed E-state index contributed by atoms with van der Waals surface area (Å²) in [4.78, 5) is 26.3. The third kappa shape index (κ3) is 4.43. The number of benzene rings is 3. The summed E-state index contributed by atoms with van der Waals surface area (Å²) in [5.41, 5.74) is 3.08. The molecule has 0 amide bonds. The first kappa shape index (κ1) is 18.7. The van der Waals surface area contributed by atoms with Gasteiger partial charge < -0.3 is 0 Å². The molecule has 4 aromatic rings. The van der Waals surface area contributed by atoms with Crippen LogP contribution in [0.3, 0.4) is 0 Å². The molecule has 0 radical (unpaired) electrons. The van der Waals surface area contributed by atoms with Crippen molar-refractivity contribution in [2.24, 2.45) is 0 Å². The van der Waals surface area contributed by atoms with Crippen molar-refractivity contribution in [3.8, 4) is 0 Å². The third-order valence-corrected chi connectivity index (χ3v) is 4.92. The zero-order valence-electron chi connectivity index (χ0n) is 16.1. The fraction of sp³-hybridized carbons (Fsp3) is 0.120. The summed E-state index contributed by atoms with van der Waals surface area (Å²) < 4.78 is 2.98. The molecule has 0 N–H and O–H groups in total. The Bertz CT molecular complexity index is 1120.